The molecule has 2 unspecified atom stereocenters. The zero-order valence-electron chi connectivity index (χ0n) is 42.4. The lowest BCUT2D eigenvalue weighted by Crippen LogP contribution is -2.54. The molecule has 2 aromatic heterocycles. The number of hydrogen-bond acceptors (Lipinski definition) is 11. The number of anilines is 2. The van der Waals surface area contributed by atoms with Crippen LogP contribution in [0.2, 0.25) is 0 Å². The first-order chi connectivity index (χ1) is 31.2. The molecule has 0 radical (unpaired) electrons. The highest BCUT2D eigenvalue weighted by molar-refractivity contribution is 7.15. The zero-order chi connectivity index (χ0) is 50.6. The van der Waals surface area contributed by atoms with Crippen LogP contribution in [-0.2, 0) is 33.4 Å². The summed E-state index contributed by atoms with van der Waals surface area (Å²) in [6.07, 6.45) is 6.71. The van der Waals surface area contributed by atoms with Gasteiger partial charge in [-0.25, -0.2) is 9.59 Å². The third-order valence-electron chi connectivity index (χ3n) is 11.6. The van der Waals surface area contributed by atoms with E-state index in [1.165, 1.54) is 52.3 Å². The summed E-state index contributed by atoms with van der Waals surface area (Å²) in [5, 5.41) is 9.94. The molecule has 0 aliphatic heterocycles. The molecule has 67 heavy (non-hydrogen) atoms. The molecule has 4 rings (SSSR count). The van der Waals surface area contributed by atoms with E-state index in [1.807, 2.05) is 41.5 Å². The van der Waals surface area contributed by atoms with Crippen molar-refractivity contribution in [3.8, 4) is 23.7 Å². The molecule has 0 aromatic carbocycles. The molecule has 16 heteroatoms. The van der Waals surface area contributed by atoms with Gasteiger partial charge < -0.3 is 29.1 Å². The van der Waals surface area contributed by atoms with Crippen molar-refractivity contribution in [2.45, 2.75) is 119 Å². The van der Waals surface area contributed by atoms with Gasteiger partial charge in [0.25, 0.3) is 0 Å². The third kappa shape index (κ3) is 16.2. The van der Waals surface area contributed by atoms with E-state index in [9.17, 15) is 33.9 Å². The van der Waals surface area contributed by atoms with E-state index in [1.54, 1.807) is 40.3 Å². The monoisotopic (exact) mass is 966 g/mol. The van der Waals surface area contributed by atoms with Crippen LogP contribution < -0.4 is 9.80 Å². The molecule has 0 saturated heterocycles. The number of methoxy groups -OCH3 is 3. The second-order valence-corrected chi connectivity index (χ2v) is 22.3. The van der Waals surface area contributed by atoms with E-state index in [-0.39, 0.29) is 74.9 Å². The van der Waals surface area contributed by atoms with Crippen molar-refractivity contribution in [1.82, 2.24) is 9.80 Å². The highest BCUT2D eigenvalue weighted by Gasteiger charge is 2.41. The van der Waals surface area contributed by atoms with Gasteiger partial charge in [0.1, 0.15) is 21.8 Å². The normalized spacial score (nSPS) is 19.1. The number of carboxylic acid groups (broad SMARTS) is 1. The molecule has 2 aliphatic rings. The fourth-order valence-electron chi connectivity index (χ4n) is 7.85. The number of likely N-dealkylation sites (N-methyl/N-ethyl adjacent to an activating group) is 2. The number of thiophene rings is 2. The van der Waals surface area contributed by atoms with Gasteiger partial charge >= 0.3 is 11.9 Å². The van der Waals surface area contributed by atoms with Crippen molar-refractivity contribution in [3.05, 3.63) is 31.6 Å². The first kappa shape index (κ1) is 56.6. The van der Waals surface area contributed by atoms with E-state index in [0.29, 0.717) is 27.3 Å². The second-order valence-electron chi connectivity index (χ2n) is 20.2. The number of carbonyl (C=O) groups is 6. The molecule has 0 bridgehead atoms. The average Bonchev–Trinajstić information content (AvgIpc) is 3.89. The van der Waals surface area contributed by atoms with Crippen LogP contribution in [0.3, 0.4) is 0 Å². The topological polar surface area (TPSA) is 163 Å². The van der Waals surface area contributed by atoms with Gasteiger partial charge in [-0.1, -0.05) is 37.5 Å². The van der Waals surface area contributed by atoms with Crippen molar-refractivity contribution in [2.75, 3.05) is 72.5 Å². The van der Waals surface area contributed by atoms with Gasteiger partial charge in [0.2, 0.25) is 23.6 Å². The summed E-state index contributed by atoms with van der Waals surface area (Å²) in [6.45, 7) is 16.2. The summed E-state index contributed by atoms with van der Waals surface area (Å²) >= 11 is 2.20. The number of aromatic carboxylic acids is 1. The fourth-order valence-corrected chi connectivity index (χ4v) is 9.61. The number of esters is 1. The van der Waals surface area contributed by atoms with Crippen molar-refractivity contribution >= 4 is 69.6 Å². The molecule has 2 atom stereocenters. The molecular weight excluding hydrogens is 893 g/mol. The summed E-state index contributed by atoms with van der Waals surface area (Å²) < 4.78 is 15.7. The van der Waals surface area contributed by atoms with E-state index in [2.05, 4.69) is 37.5 Å². The quantitative estimate of drug-likeness (QED) is 0.144. The Morgan fingerprint density at radius 1 is 0.627 bits per heavy atom. The highest BCUT2D eigenvalue weighted by Crippen LogP contribution is 2.39. The Balaban J connectivity index is 0.000000355. The minimum Gasteiger partial charge on any atom is -0.477 e. The molecule has 14 nitrogen and oxygen atoms in total. The van der Waals surface area contributed by atoms with Gasteiger partial charge in [-0.05, 0) is 117 Å². The number of carbonyl (C=O) groups excluding carboxylic acids is 5. The summed E-state index contributed by atoms with van der Waals surface area (Å²) in [5.41, 5.74) is 0.0764. The first-order valence-corrected chi connectivity index (χ1v) is 24.6. The molecule has 4 amide bonds. The third-order valence-corrected chi connectivity index (χ3v) is 13.6. The molecule has 2 fully saturated rings. The Labute approximate surface area is 407 Å². The number of carboxylic acids is 1. The lowest BCUT2D eigenvalue weighted by molar-refractivity contribution is -0.135. The van der Waals surface area contributed by atoms with Crippen LogP contribution in [0.15, 0.2) is 12.1 Å². The summed E-state index contributed by atoms with van der Waals surface area (Å²) in [5.74, 6) is 10.4. The van der Waals surface area contributed by atoms with Gasteiger partial charge in [0.05, 0.1) is 41.5 Å². The Kier molecular flexibility index (Phi) is 21.1. The maximum atomic E-state index is 14.0. The maximum absolute atomic E-state index is 14.0. The Morgan fingerprint density at radius 3 is 1.27 bits per heavy atom. The summed E-state index contributed by atoms with van der Waals surface area (Å²) in [4.78, 5) is 86.1. The molecule has 2 aliphatic carbocycles. The lowest BCUT2D eigenvalue weighted by Gasteiger charge is -2.36. The number of nitrogens with zero attached hydrogens (tertiary/aromatic N) is 4. The largest absolute Gasteiger partial charge is 0.477 e. The molecule has 2 heterocycles. The fraction of sp³-hybridized carbons (Fsp3) is 0.647. The Morgan fingerprint density at radius 2 is 0.970 bits per heavy atom. The molecular formula is C51H74N4O10S2. The van der Waals surface area contributed by atoms with Crippen LogP contribution in [0.25, 0.3) is 0 Å². The van der Waals surface area contributed by atoms with Crippen LogP contribution >= 0.6 is 22.7 Å². The van der Waals surface area contributed by atoms with Crippen molar-refractivity contribution < 1.29 is 48.1 Å². The molecule has 2 aromatic rings. The van der Waals surface area contributed by atoms with E-state index in [4.69, 9.17) is 14.2 Å². The molecule has 1 N–H and O–H groups in total. The summed E-state index contributed by atoms with van der Waals surface area (Å²) in [7, 11) is 10.8. The predicted molar refractivity (Wildman–Crippen MR) is 266 cm³/mol. The maximum Gasteiger partial charge on any atom is 0.350 e. The van der Waals surface area contributed by atoms with Crippen LogP contribution in [0.5, 0.6) is 0 Å². The van der Waals surface area contributed by atoms with E-state index >= 15 is 0 Å². The van der Waals surface area contributed by atoms with Gasteiger partial charge in [0.15, 0.2) is 0 Å². The smallest absolute Gasteiger partial charge is 0.350 e. The highest BCUT2D eigenvalue weighted by atomic mass is 32.1. The Hall–Kier alpha value is -4.74. The van der Waals surface area contributed by atoms with Crippen molar-refractivity contribution in [3.63, 3.8) is 0 Å². The number of rotatable bonds is 14. The Bertz CT molecular complexity index is 2180. The first-order valence-electron chi connectivity index (χ1n) is 23.0. The van der Waals surface area contributed by atoms with Gasteiger partial charge in [0, 0.05) is 65.1 Å². The minimum atomic E-state index is -1.15. The van der Waals surface area contributed by atoms with Crippen molar-refractivity contribution in [2.24, 2.45) is 34.5 Å². The molecule has 2 saturated carbocycles. The number of amides is 4. The second kappa shape index (κ2) is 25.0. The minimum absolute atomic E-state index is 0.00149. The van der Waals surface area contributed by atoms with Crippen LogP contribution in [0.1, 0.15) is 136 Å². The van der Waals surface area contributed by atoms with Gasteiger partial charge in [-0.15, -0.1) is 22.7 Å². The molecule has 0 spiro atoms. The van der Waals surface area contributed by atoms with Crippen molar-refractivity contribution in [1.29, 1.82) is 0 Å². The standard InChI is InChI=1S/C26H38N2O5S.C25H36N2O5S/c1-17-9-11-18(12-10-17)23(29)28(21(16-32-7)24(30)27(5)6)20-15-19(13-14-26(2,3)4)34-22(20)25(31)33-8;1-16-8-10-17(11-9-16)22(28)27(20(15-32-7)23(29)26(5)6)19-14-18(12-13-25(2,3)4)33-21(19)24(30)31/h15,17-18,21H,9-12,16H2,1-8H3;14,16-17,20H,8-11,15H2,1-7H3,(H,30,31). The number of hydrogen-bond donors (Lipinski definition) is 1. The van der Waals surface area contributed by atoms with E-state index < -0.39 is 24.0 Å². The van der Waals surface area contributed by atoms with Crippen LogP contribution in [0.4, 0.5) is 11.4 Å². The van der Waals surface area contributed by atoms with Gasteiger partial charge in [-0.2, -0.15) is 0 Å². The summed E-state index contributed by atoms with van der Waals surface area (Å²) in [6, 6.07) is 1.48. The SMILES string of the molecule is COCC(C(=O)N(C)C)N(C(=O)C1CCC(C)CC1)c1cc(C#CC(C)(C)C)sc1C(=O)O.COCC(C(=O)N(C)C)N(C(=O)C1CCC(C)CC1)c1cc(C#CC(C)(C)C)sc1C(=O)OC. The lowest BCUT2D eigenvalue weighted by atomic mass is 9.82. The van der Waals surface area contributed by atoms with Crippen LogP contribution in [-0.4, -0.2) is 125 Å². The average molecular weight is 967 g/mol. The number of ether oxygens (including phenoxy) is 3. The van der Waals surface area contributed by atoms with E-state index in [0.717, 1.165) is 62.7 Å². The predicted octanol–water partition coefficient (Wildman–Crippen LogP) is 8.30. The molecule has 370 valence electrons. The van der Waals surface area contributed by atoms with Gasteiger partial charge in [-0.3, -0.25) is 29.0 Å². The van der Waals surface area contributed by atoms with Crippen LogP contribution in [0, 0.1) is 58.2 Å². The zero-order valence-corrected chi connectivity index (χ0v) is 44.0.